The Kier molecular flexibility index (Phi) is 4.99. The zero-order valence-corrected chi connectivity index (χ0v) is 14.8. The SMILES string of the molecule is COC(=O)c1cnc(NC(=O)Cn2cc(C(=O)OC)c3ccccc32)s1. The second-order valence-corrected chi connectivity index (χ2v) is 6.28. The van der Waals surface area contributed by atoms with E-state index < -0.39 is 11.9 Å². The maximum atomic E-state index is 12.3. The normalized spacial score (nSPS) is 10.5. The Balaban J connectivity index is 1.80. The summed E-state index contributed by atoms with van der Waals surface area (Å²) in [6.07, 6.45) is 2.92. The number of methoxy groups -OCH3 is 2. The number of carbonyl (C=O) groups is 3. The van der Waals surface area contributed by atoms with E-state index in [0.29, 0.717) is 21.0 Å². The molecule has 1 N–H and O–H groups in total. The molecule has 0 bridgehead atoms. The number of hydrogen-bond donors (Lipinski definition) is 1. The largest absolute Gasteiger partial charge is 0.465 e. The lowest BCUT2D eigenvalue weighted by Crippen LogP contribution is -2.18. The maximum absolute atomic E-state index is 12.3. The molecule has 0 spiro atoms. The van der Waals surface area contributed by atoms with Gasteiger partial charge in [-0.15, -0.1) is 0 Å². The number of carbonyl (C=O) groups excluding carboxylic acids is 3. The molecule has 3 aromatic rings. The Morgan fingerprint density at radius 1 is 1.15 bits per heavy atom. The smallest absolute Gasteiger partial charge is 0.349 e. The van der Waals surface area contributed by atoms with Crippen LogP contribution in [0.4, 0.5) is 5.13 Å². The minimum Gasteiger partial charge on any atom is -0.465 e. The number of nitrogens with zero attached hydrogens (tertiary/aromatic N) is 2. The van der Waals surface area contributed by atoms with Crippen LogP contribution in [0.25, 0.3) is 10.9 Å². The highest BCUT2D eigenvalue weighted by Crippen LogP contribution is 2.23. The molecule has 9 heteroatoms. The zero-order valence-electron chi connectivity index (χ0n) is 14.0. The highest BCUT2D eigenvalue weighted by molar-refractivity contribution is 7.17. The quantitative estimate of drug-likeness (QED) is 0.689. The number of nitrogens with one attached hydrogen (secondary N) is 1. The molecule has 3 rings (SSSR count). The summed E-state index contributed by atoms with van der Waals surface area (Å²) in [5.74, 6) is -1.32. The van der Waals surface area contributed by atoms with Crippen LogP contribution in [0.3, 0.4) is 0 Å². The van der Waals surface area contributed by atoms with Crippen LogP contribution >= 0.6 is 11.3 Å². The standard InChI is InChI=1S/C17H15N3O5S/c1-24-15(22)11-8-20(12-6-4-3-5-10(11)12)9-14(21)19-17-18-7-13(26-17)16(23)25-2/h3-8H,9H2,1-2H3,(H,18,19,21). The molecular weight excluding hydrogens is 358 g/mol. The van der Waals surface area contributed by atoms with Crippen molar-refractivity contribution in [3.05, 3.63) is 47.1 Å². The van der Waals surface area contributed by atoms with Crippen molar-refractivity contribution in [2.24, 2.45) is 0 Å². The van der Waals surface area contributed by atoms with Gasteiger partial charge in [0.15, 0.2) is 5.13 Å². The lowest BCUT2D eigenvalue weighted by molar-refractivity contribution is -0.116. The summed E-state index contributed by atoms with van der Waals surface area (Å²) >= 11 is 1.02. The minimum absolute atomic E-state index is 0.0232. The molecule has 0 unspecified atom stereocenters. The molecule has 0 aliphatic carbocycles. The van der Waals surface area contributed by atoms with Crippen molar-refractivity contribution in [3.8, 4) is 0 Å². The van der Waals surface area contributed by atoms with Gasteiger partial charge in [-0.05, 0) is 6.07 Å². The van der Waals surface area contributed by atoms with Gasteiger partial charge >= 0.3 is 11.9 Å². The molecule has 0 radical (unpaired) electrons. The summed E-state index contributed by atoms with van der Waals surface area (Å²) < 4.78 is 11.1. The number of thiazole rings is 1. The van der Waals surface area contributed by atoms with Gasteiger partial charge in [-0.3, -0.25) is 4.79 Å². The number of hydrogen-bond acceptors (Lipinski definition) is 7. The predicted octanol–water partition coefficient (Wildman–Crippen LogP) is 2.31. The Bertz CT molecular complexity index is 991. The number of amides is 1. The fourth-order valence-corrected chi connectivity index (χ4v) is 3.24. The molecule has 0 saturated carbocycles. The van der Waals surface area contributed by atoms with E-state index in [-0.39, 0.29) is 12.5 Å². The van der Waals surface area contributed by atoms with E-state index >= 15 is 0 Å². The molecule has 2 heterocycles. The Hall–Kier alpha value is -3.20. The van der Waals surface area contributed by atoms with Crippen molar-refractivity contribution < 1.29 is 23.9 Å². The number of anilines is 1. The minimum atomic E-state index is -0.512. The van der Waals surface area contributed by atoms with Crippen LogP contribution in [0.5, 0.6) is 0 Å². The number of esters is 2. The molecule has 0 saturated heterocycles. The molecule has 2 aromatic heterocycles. The first-order valence-electron chi connectivity index (χ1n) is 7.53. The van der Waals surface area contributed by atoms with Crippen LogP contribution in [0.1, 0.15) is 20.0 Å². The van der Waals surface area contributed by atoms with Crippen molar-refractivity contribution in [2.75, 3.05) is 19.5 Å². The molecule has 1 aromatic carbocycles. The van der Waals surface area contributed by atoms with E-state index in [1.807, 2.05) is 18.2 Å². The molecule has 8 nitrogen and oxygen atoms in total. The van der Waals surface area contributed by atoms with Gasteiger partial charge in [-0.1, -0.05) is 29.5 Å². The summed E-state index contributed by atoms with van der Waals surface area (Å²) in [6, 6.07) is 7.23. The van der Waals surface area contributed by atoms with Crippen LogP contribution in [0.15, 0.2) is 36.7 Å². The van der Waals surface area contributed by atoms with Gasteiger partial charge in [0, 0.05) is 17.1 Å². The van der Waals surface area contributed by atoms with Crippen LogP contribution in [-0.2, 0) is 20.8 Å². The Labute approximate surface area is 152 Å². The molecular formula is C17H15N3O5S. The van der Waals surface area contributed by atoms with Crippen molar-refractivity contribution in [2.45, 2.75) is 6.54 Å². The number of benzene rings is 1. The molecule has 134 valence electrons. The molecule has 0 aliphatic rings. The van der Waals surface area contributed by atoms with E-state index in [1.54, 1.807) is 16.8 Å². The third-order valence-electron chi connectivity index (χ3n) is 3.65. The first kappa shape index (κ1) is 17.6. The summed E-state index contributed by atoms with van der Waals surface area (Å²) in [5.41, 5.74) is 1.12. The fraction of sp³-hybridized carbons (Fsp3) is 0.176. The van der Waals surface area contributed by atoms with Crippen molar-refractivity contribution in [1.29, 1.82) is 0 Å². The number of rotatable bonds is 5. The molecule has 26 heavy (non-hydrogen) atoms. The number of aromatic nitrogens is 2. The summed E-state index contributed by atoms with van der Waals surface area (Å²) in [5, 5.41) is 3.63. The molecule has 0 atom stereocenters. The zero-order chi connectivity index (χ0) is 18.7. The van der Waals surface area contributed by atoms with Crippen LogP contribution < -0.4 is 5.32 Å². The van der Waals surface area contributed by atoms with Gasteiger partial charge in [0.25, 0.3) is 0 Å². The highest BCUT2D eigenvalue weighted by atomic mass is 32.1. The van der Waals surface area contributed by atoms with Crippen LogP contribution in [0.2, 0.25) is 0 Å². The Morgan fingerprint density at radius 2 is 1.88 bits per heavy atom. The summed E-state index contributed by atoms with van der Waals surface area (Å²) in [6.45, 7) is -0.0232. The van der Waals surface area contributed by atoms with E-state index in [9.17, 15) is 14.4 Å². The number of fused-ring (bicyclic) bond motifs is 1. The highest BCUT2D eigenvalue weighted by Gasteiger charge is 2.17. The fourth-order valence-electron chi connectivity index (χ4n) is 2.49. The third-order valence-corrected chi connectivity index (χ3v) is 4.54. The van der Waals surface area contributed by atoms with Crippen molar-refractivity contribution in [3.63, 3.8) is 0 Å². The first-order chi connectivity index (χ1) is 12.5. The van der Waals surface area contributed by atoms with E-state index in [4.69, 9.17) is 4.74 Å². The van der Waals surface area contributed by atoms with E-state index in [1.165, 1.54) is 20.4 Å². The molecule has 0 aliphatic heterocycles. The summed E-state index contributed by atoms with van der Waals surface area (Å²) in [7, 11) is 2.58. The van der Waals surface area contributed by atoms with Gasteiger partial charge < -0.3 is 19.4 Å². The number of para-hydroxylation sites is 1. The Morgan fingerprint density at radius 3 is 2.62 bits per heavy atom. The van der Waals surface area contributed by atoms with E-state index in [0.717, 1.165) is 16.9 Å². The topological polar surface area (TPSA) is 99.5 Å². The molecule has 0 fully saturated rings. The first-order valence-corrected chi connectivity index (χ1v) is 8.35. The lowest BCUT2D eigenvalue weighted by atomic mass is 10.2. The van der Waals surface area contributed by atoms with Crippen LogP contribution in [0, 0.1) is 0 Å². The average Bonchev–Trinajstić information content (AvgIpc) is 3.26. The van der Waals surface area contributed by atoms with Gasteiger partial charge in [-0.2, -0.15) is 0 Å². The van der Waals surface area contributed by atoms with Gasteiger partial charge in [0.1, 0.15) is 11.4 Å². The predicted molar refractivity (Wildman–Crippen MR) is 95.4 cm³/mol. The summed E-state index contributed by atoms with van der Waals surface area (Å²) in [4.78, 5) is 40.0. The van der Waals surface area contributed by atoms with Crippen LogP contribution in [-0.4, -0.2) is 41.6 Å². The third kappa shape index (κ3) is 3.42. The lowest BCUT2D eigenvalue weighted by Gasteiger charge is -2.05. The molecule has 1 amide bonds. The second-order valence-electron chi connectivity index (χ2n) is 5.25. The van der Waals surface area contributed by atoms with Gasteiger partial charge in [0.05, 0.1) is 26.0 Å². The average molecular weight is 373 g/mol. The number of ether oxygens (including phenoxy) is 2. The maximum Gasteiger partial charge on any atom is 0.349 e. The van der Waals surface area contributed by atoms with Gasteiger partial charge in [0.2, 0.25) is 5.91 Å². The second kappa shape index (κ2) is 7.36. The van der Waals surface area contributed by atoms with Crippen molar-refractivity contribution >= 4 is 45.2 Å². The van der Waals surface area contributed by atoms with Gasteiger partial charge in [-0.25, -0.2) is 14.6 Å². The van der Waals surface area contributed by atoms with Crippen molar-refractivity contribution in [1.82, 2.24) is 9.55 Å². The monoisotopic (exact) mass is 373 g/mol. The van der Waals surface area contributed by atoms with E-state index in [2.05, 4.69) is 15.0 Å².